The second-order valence-corrected chi connectivity index (χ2v) is 4.65. The maximum atomic E-state index is 6.17. The molecule has 0 aliphatic heterocycles. The first-order valence-electron chi connectivity index (χ1n) is 4.54. The molecule has 2 rings (SSSR count). The molecule has 0 radical (unpaired) electrons. The summed E-state index contributed by atoms with van der Waals surface area (Å²) in [5.41, 5.74) is 3.24. The van der Waals surface area contributed by atoms with Gasteiger partial charge in [-0.15, -0.1) is 0 Å². The van der Waals surface area contributed by atoms with Gasteiger partial charge >= 0.3 is 0 Å². The number of aromatic nitrogens is 1. The van der Waals surface area contributed by atoms with Crippen molar-refractivity contribution in [3.05, 3.63) is 51.7 Å². The molecule has 15 heavy (non-hydrogen) atoms. The first-order valence-corrected chi connectivity index (χ1v) is 5.71. The van der Waals surface area contributed by atoms with E-state index in [1.165, 1.54) is 0 Å². The third-order valence-corrected chi connectivity index (χ3v) is 2.96. The lowest BCUT2D eigenvalue weighted by Gasteiger charge is -2.07. The van der Waals surface area contributed by atoms with E-state index in [9.17, 15) is 0 Å². The van der Waals surface area contributed by atoms with E-state index in [1.807, 2.05) is 37.4 Å². The zero-order valence-electron chi connectivity index (χ0n) is 8.17. The van der Waals surface area contributed by atoms with Crippen LogP contribution in [-0.4, -0.2) is 4.98 Å². The molecule has 0 saturated carbocycles. The van der Waals surface area contributed by atoms with Crippen molar-refractivity contribution in [2.75, 3.05) is 0 Å². The van der Waals surface area contributed by atoms with Crippen molar-refractivity contribution in [2.45, 2.75) is 6.92 Å². The number of aryl methyl sites for hydroxylation is 1. The lowest BCUT2D eigenvalue weighted by Crippen LogP contribution is -1.85. The van der Waals surface area contributed by atoms with Crippen molar-refractivity contribution in [3.63, 3.8) is 0 Å². The lowest BCUT2D eigenvalue weighted by atomic mass is 10.0. The van der Waals surface area contributed by atoms with Crippen LogP contribution in [0.4, 0.5) is 0 Å². The van der Waals surface area contributed by atoms with Gasteiger partial charge < -0.3 is 0 Å². The number of halogens is 2. The molecule has 0 saturated heterocycles. The van der Waals surface area contributed by atoms with Gasteiger partial charge in [0, 0.05) is 33.0 Å². The zero-order valence-corrected chi connectivity index (χ0v) is 10.5. The third kappa shape index (κ3) is 2.21. The summed E-state index contributed by atoms with van der Waals surface area (Å²) in [5.74, 6) is 0. The summed E-state index contributed by atoms with van der Waals surface area (Å²) >= 11 is 9.58. The van der Waals surface area contributed by atoms with E-state index < -0.39 is 0 Å². The molecule has 0 aliphatic carbocycles. The van der Waals surface area contributed by atoms with Crippen molar-refractivity contribution in [3.8, 4) is 11.1 Å². The standard InChI is InChI=1S/C12H9BrClN/c1-8-3-2-4-11(14)12(8)9-5-10(13)7-15-6-9/h2-7H,1H3. The highest BCUT2D eigenvalue weighted by Crippen LogP contribution is 2.31. The van der Waals surface area contributed by atoms with Gasteiger partial charge in [-0.1, -0.05) is 23.7 Å². The number of rotatable bonds is 1. The van der Waals surface area contributed by atoms with Gasteiger partial charge in [0.1, 0.15) is 0 Å². The van der Waals surface area contributed by atoms with Gasteiger partial charge in [-0.2, -0.15) is 0 Å². The smallest absolute Gasteiger partial charge is 0.0487 e. The molecule has 0 atom stereocenters. The molecular weight excluding hydrogens is 273 g/mol. The first-order chi connectivity index (χ1) is 7.18. The Bertz CT molecular complexity index is 476. The Morgan fingerprint density at radius 3 is 2.73 bits per heavy atom. The van der Waals surface area contributed by atoms with E-state index >= 15 is 0 Å². The Morgan fingerprint density at radius 2 is 2.07 bits per heavy atom. The fraction of sp³-hybridized carbons (Fsp3) is 0.0833. The predicted octanol–water partition coefficient (Wildman–Crippen LogP) is 4.47. The number of benzene rings is 1. The molecule has 76 valence electrons. The molecule has 0 N–H and O–H groups in total. The van der Waals surface area contributed by atoms with E-state index in [0.717, 1.165) is 26.2 Å². The van der Waals surface area contributed by atoms with Crippen LogP contribution < -0.4 is 0 Å². The number of pyridine rings is 1. The van der Waals surface area contributed by atoms with Gasteiger partial charge in [-0.3, -0.25) is 4.98 Å². The molecule has 1 nitrogen and oxygen atoms in total. The van der Waals surface area contributed by atoms with Crippen molar-refractivity contribution >= 4 is 27.5 Å². The summed E-state index contributed by atoms with van der Waals surface area (Å²) in [6.45, 7) is 2.04. The Hall–Kier alpha value is -0.860. The summed E-state index contributed by atoms with van der Waals surface area (Å²) in [4.78, 5) is 4.14. The molecule has 1 aromatic carbocycles. The van der Waals surface area contributed by atoms with Crippen LogP contribution >= 0.6 is 27.5 Å². The average molecular weight is 283 g/mol. The molecule has 3 heteroatoms. The Morgan fingerprint density at radius 1 is 1.27 bits per heavy atom. The Labute approximate surface area is 102 Å². The summed E-state index contributed by atoms with van der Waals surface area (Å²) in [5, 5.41) is 0.759. The molecule has 0 amide bonds. The fourth-order valence-corrected chi connectivity index (χ4v) is 2.24. The predicted molar refractivity (Wildman–Crippen MR) is 67.1 cm³/mol. The molecule has 1 aromatic heterocycles. The van der Waals surface area contributed by atoms with Gasteiger partial charge in [0.15, 0.2) is 0 Å². The van der Waals surface area contributed by atoms with Crippen molar-refractivity contribution < 1.29 is 0 Å². The molecular formula is C12H9BrClN. The third-order valence-electron chi connectivity index (χ3n) is 2.22. The van der Waals surface area contributed by atoms with Crippen LogP contribution in [0.15, 0.2) is 41.1 Å². The highest BCUT2D eigenvalue weighted by molar-refractivity contribution is 9.10. The van der Waals surface area contributed by atoms with Crippen LogP contribution in [-0.2, 0) is 0 Å². The number of hydrogen-bond donors (Lipinski definition) is 0. The van der Waals surface area contributed by atoms with E-state index in [1.54, 1.807) is 6.20 Å². The van der Waals surface area contributed by atoms with Gasteiger partial charge in [0.2, 0.25) is 0 Å². The molecule has 0 spiro atoms. The van der Waals surface area contributed by atoms with Crippen LogP contribution in [0.1, 0.15) is 5.56 Å². The van der Waals surface area contributed by atoms with E-state index in [2.05, 4.69) is 20.9 Å². The van der Waals surface area contributed by atoms with E-state index in [0.29, 0.717) is 0 Å². The van der Waals surface area contributed by atoms with Crippen molar-refractivity contribution in [1.82, 2.24) is 4.98 Å². The van der Waals surface area contributed by atoms with Crippen molar-refractivity contribution in [2.24, 2.45) is 0 Å². The Kier molecular flexibility index (Phi) is 3.08. The average Bonchev–Trinajstić information content (AvgIpc) is 2.17. The largest absolute Gasteiger partial charge is 0.263 e. The number of hydrogen-bond acceptors (Lipinski definition) is 1. The maximum absolute atomic E-state index is 6.17. The Balaban J connectivity index is 2.63. The lowest BCUT2D eigenvalue weighted by molar-refractivity contribution is 1.30. The van der Waals surface area contributed by atoms with Gasteiger partial charge in [-0.05, 0) is 40.5 Å². The molecule has 0 bridgehead atoms. The minimum atomic E-state index is 0.759. The van der Waals surface area contributed by atoms with Crippen LogP contribution in [0.25, 0.3) is 11.1 Å². The molecule has 2 aromatic rings. The van der Waals surface area contributed by atoms with E-state index in [-0.39, 0.29) is 0 Å². The fourth-order valence-electron chi connectivity index (χ4n) is 1.55. The summed E-state index contributed by atoms with van der Waals surface area (Å²) < 4.78 is 0.958. The second-order valence-electron chi connectivity index (χ2n) is 3.32. The zero-order chi connectivity index (χ0) is 10.8. The highest BCUT2D eigenvalue weighted by Gasteiger charge is 2.06. The summed E-state index contributed by atoms with van der Waals surface area (Å²) in [6, 6.07) is 7.90. The monoisotopic (exact) mass is 281 g/mol. The quantitative estimate of drug-likeness (QED) is 0.752. The van der Waals surface area contributed by atoms with Crippen LogP contribution in [0.5, 0.6) is 0 Å². The van der Waals surface area contributed by atoms with Crippen LogP contribution in [0, 0.1) is 6.92 Å². The van der Waals surface area contributed by atoms with Gasteiger partial charge in [0.05, 0.1) is 0 Å². The first kappa shape index (κ1) is 10.7. The molecule has 0 aliphatic rings. The van der Waals surface area contributed by atoms with Crippen LogP contribution in [0.2, 0.25) is 5.02 Å². The number of nitrogens with zero attached hydrogens (tertiary/aromatic N) is 1. The molecule has 0 unspecified atom stereocenters. The molecule has 1 heterocycles. The van der Waals surface area contributed by atoms with Crippen LogP contribution in [0.3, 0.4) is 0 Å². The highest BCUT2D eigenvalue weighted by atomic mass is 79.9. The maximum Gasteiger partial charge on any atom is 0.0487 e. The normalized spacial score (nSPS) is 10.3. The van der Waals surface area contributed by atoms with Crippen molar-refractivity contribution in [1.29, 1.82) is 0 Å². The van der Waals surface area contributed by atoms with Gasteiger partial charge in [0.25, 0.3) is 0 Å². The summed E-state index contributed by atoms with van der Waals surface area (Å²) in [6.07, 6.45) is 3.58. The van der Waals surface area contributed by atoms with E-state index in [4.69, 9.17) is 11.6 Å². The minimum absolute atomic E-state index is 0.759. The minimum Gasteiger partial charge on any atom is -0.263 e. The van der Waals surface area contributed by atoms with Gasteiger partial charge in [-0.25, -0.2) is 0 Å². The summed E-state index contributed by atoms with van der Waals surface area (Å²) in [7, 11) is 0. The second kappa shape index (κ2) is 4.33. The topological polar surface area (TPSA) is 12.9 Å². The SMILES string of the molecule is Cc1cccc(Cl)c1-c1cncc(Br)c1. The molecule has 0 fully saturated rings.